The van der Waals surface area contributed by atoms with Crippen LogP contribution in [-0.2, 0) is 24.4 Å². The maximum atomic E-state index is 12.8. The summed E-state index contributed by atoms with van der Waals surface area (Å²) >= 11 is 0. The van der Waals surface area contributed by atoms with Gasteiger partial charge in [-0.3, -0.25) is 4.79 Å². The Balaban J connectivity index is 1.71. The van der Waals surface area contributed by atoms with Crippen LogP contribution in [0.4, 0.5) is 13.2 Å². The molecule has 6 nitrogen and oxygen atoms in total. The minimum absolute atomic E-state index is 0.108. The first-order valence-electron chi connectivity index (χ1n) is 8.04. The summed E-state index contributed by atoms with van der Waals surface area (Å²) in [7, 11) is 1.55. The van der Waals surface area contributed by atoms with Crippen LogP contribution in [0.2, 0.25) is 0 Å². The zero-order valence-corrected chi connectivity index (χ0v) is 14.0. The first kappa shape index (κ1) is 17.5. The fourth-order valence-corrected chi connectivity index (χ4v) is 3.18. The number of aryl methyl sites for hydroxylation is 2. The molecule has 1 unspecified atom stereocenters. The fourth-order valence-electron chi connectivity index (χ4n) is 3.18. The predicted molar refractivity (Wildman–Crippen MR) is 81.7 cm³/mol. The van der Waals surface area contributed by atoms with Crippen molar-refractivity contribution in [2.75, 3.05) is 13.1 Å². The van der Waals surface area contributed by atoms with Gasteiger partial charge in [-0.2, -0.15) is 13.2 Å². The second-order valence-corrected chi connectivity index (χ2v) is 6.38. The number of aromatic nitrogens is 3. The van der Waals surface area contributed by atoms with Crippen molar-refractivity contribution in [1.29, 1.82) is 0 Å². The molecule has 1 saturated heterocycles. The molecule has 0 bridgehead atoms. The molecule has 1 amide bonds. The van der Waals surface area contributed by atoms with Gasteiger partial charge in [0, 0.05) is 38.3 Å². The number of piperidine rings is 1. The van der Waals surface area contributed by atoms with Gasteiger partial charge in [0.2, 0.25) is 5.91 Å². The quantitative estimate of drug-likeness (QED) is 0.848. The molecule has 1 aliphatic heterocycles. The van der Waals surface area contributed by atoms with Crippen molar-refractivity contribution < 1.29 is 22.5 Å². The number of rotatable bonds is 3. The van der Waals surface area contributed by atoms with Gasteiger partial charge in [-0.1, -0.05) is 5.16 Å². The van der Waals surface area contributed by atoms with E-state index in [1.54, 1.807) is 24.9 Å². The highest BCUT2D eigenvalue weighted by molar-refractivity contribution is 5.78. The Labute approximate surface area is 142 Å². The van der Waals surface area contributed by atoms with Gasteiger partial charge in [-0.05, 0) is 19.8 Å². The van der Waals surface area contributed by atoms with Crippen molar-refractivity contribution in [1.82, 2.24) is 19.6 Å². The lowest BCUT2D eigenvalue weighted by Gasteiger charge is -2.32. The number of imidazole rings is 1. The Morgan fingerprint density at radius 3 is 2.80 bits per heavy atom. The number of carbonyl (C=O) groups is 1. The summed E-state index contributed by atoms with van der Waals surface area (Å²) in [6.07, 6.45) is -1.92. The van der Waals surface area contributed by atoms with Crippen LogP contribution in [0.25, 0.3) is 0 Å². The Hall–Kier alpha value is -2.32. The lowest BCUT2D eigenvalue weighted by Crippen LogP contribution is -2.40. The van der Waals surface area contributed by atoms with Crippen molar-refractivity contribution in [3.63, 3.8) is 0 Å². The highest BCUT2D eigenvalue weighted by Gasteiger charge is 2.36. The zero-order valence-electron chi connectivity index (χ0n) is 14.0. The highest BCUT2D eigenvalue weighted by atomic mass is 19.4. The Kier molecular flexibility index (Phi) is 4.57. The third-order valence-electron chi connectivity index (χ3n) is 4.35. The summed E-state index contributed by atoms with van der Waals surface area (Å²) in [4.78, 5) is 17.9. The van der Waals surface area contributed by atoms with Gasteiger partial charge in [-0.25, -0.2) is 4.98 Å². The Morgan fingerprint density at radius 2 is 2.20 bits per heavy atom. The van der Waals surface area contributed by atoms with Crippen molar-refractivity contribution in [3.05, 3.63) is 35.2 Å². The topological polar surface area (TPSA) is 64.2 Å². The summed E-state index contributed by atoms with van der Waals surface area (Å²) < 4.78 is 44.9. The molecule has 9 heteroatoms. The van der Waals surface area contributed by atoms with E-state index in [0.29, 0.717) is 36.8 Å². The summed E-state index contributed by atoms with van der Waals surface area (Å²) in [5.41, 5.74) is -0.340. The van der Waals surface area contributed by atoms with Gasteiger partial charge in [0.15, 0.2) is 5.69 Å². The van der Waals surface area contributed by atoms with Gasteiger partial charge in [0.05, 0.1) is 12.1 Å². The molecule has 1 atom stereocenters. The van der Waals surface area contributed by atoms with E-state index in [2.05, 4.69) is 10.1 Å². The molecule has 0 N–H and O–H groups in total. The normalized spacial score (nSPS) is 18.6. The van der Waals surface area contributed by atoms with E-state index >= 15 is 0 Å². The van der Waals surface area contributed by atoms with Crippen LogP contribution in [0.1, 0.15) is 41.7 Å². The van der Waals surface area contributed by atoms with E-state index in [1.807, 2.05) is 0 Å². The zero-order chi connectivity index (χ0) is 18.2. The molecule has 0 saturated carbocycles. The van der Waals surface area contributed by atoms with E-state index in [0.717, 1.165) is 12.6 Å². The molecular formula is C16H19F3N4O2. The molecule has 0 aliphatic carbocycles. The summed E-state index contributed by atoms with van der Waals surface area (Å²) in [6, 6.07) is 1.70. The van der Waals surface area contributed by atoms with E-state index in [1.165, 1.54) is 4.57 Å². The number of hydrogen-bond acceptors (Lipinski definition) is 4. The largest absolute Gasteiger partial charge is 0.434 e. The predicted octanol–water partition coefficient (Wildman–Crippen LogP) is 2.68. The molecule has 0 aromatic carbocycles. The lowest BCUT2D eigenvalue weighted by molar-refractivity contribution is -0.141. The van der Waals surface area contributed by atoms with Crippen LogP contribution in [0.5, 0.6) is 0 Å². The molecule has 2 aromatic heterocycles. The SMILES string of the molecule is Cc1cc(CC(=O)N2CCCC(c3nc(C(F)(F)F)cn3C)C2)no1. The second kappa shape index (κ2) is 6.53. The molecule has 2 aromatic rings. The van der Waals surface area contributed by atoms with Gasteiger partial charge in [0.1, 0.15) is 11.6 Å². The number of halogens is 3. The Morgan fingerprint density at radius 1 is 1.44 bits per heavy atom. The second-order valence-electron chi connectivity index (χ2n) is 6.38. The van der Waals surface area contributed by atoms with E-state index in [-0.39, 0.29) is 18.2 Å². The summed E-state index contributed by atoms with van der Waals surface area (Å²) in [6.45, 7) is 2.69. The number of alkyl halides is 3. The van der Waals surface area contributed by atoms with E-state index in [9.17, 15) is 18.0 Å². The molecule has 0 spiro atoms. The fraction of sp³-hybridized carbons (Fsp3) is 0.562. The average Bonchev–Trinajstić information content (AvgIpc) is 3.13. The number of likely N-dealkylation sites (tertiary alicyclic amines) is 1. The lowest BCUT2D eigenvalue weighted by atomic mass is 9.96. The monoisotopic (exact) mass is 356 g/mol. The van der Waals surface area contributed by atoms with Crippen LogP contribution < -0.4 is 0 Å². The average molecular weight is 356 g/mol. The number of hydrogen-bond donors (Lipinski definition) is 0. The highest BCUT2D eigenvalue weighted by Crippen LogP contribution is 2.32. The molecule has 136 valence electrons. The minimum atomic E-state index is -4.47. The van der Waals surface area contributed by atoms with Crippen LogP contribution in [0, 0.1) is 6.92 Å². The van der Waals surface area contributed by atoms with E-state index < -0.39 is 11.9 Å². The number of nitrogens with zero attached hydrogens (tertiary/aromatic N) is 4. The van der Waals surface area contributed by atoms with Gasteiger partial charge >= 0.3 is 6.18 Å². The first-order chi connectivity index (χ1) is 11.7. The van der Waals surface area contributed by atoms with Crippen molar-refractivity contribution in [2.45, 2.75) is 38.3 Å². The van der Waals surface area contributed by atoms with Gasteiger partial charge < -0.3 is 14.0 Å². The molecular weight excluding hydrogens is 337 g/mol. The van der Waals surface area contributed by atoms with Crippen molar-refractivity contribution in [2.24, 2.45) is 7.05 Å². The van der Waals surface area contributed by atoms with Gasteiger partial charge in [-0.15, -0.1) is 0 Å². The molecule has 3 rings (SSSR count). The maximum Gasteiger partial charge on any atom is 0.434 e. The number of amides is 1. The third-order valence-corrected chi connectivity index (χ3v) is 4.35. The van der Waals surface area contributed by atoms with Gasteiger partial charge in [0.25, 0.3) is 0 Å². The smallest absolute Gasteiger partial charge is 0.361 e. The van der Waals surface area contributed by atoms with Crippen LogP contribution in [0.3, 0.4) is 0 Å². The number of carbonyl (C=O) groups excluding carboxylic acids is 1. The molecule has 25 heavy (non-hydrogen) atoms. The van der Waals surface area contributed by atoms with Crippen molar-refractivity contribution in [3.8, 4) is 0 Å². The molecule has 1 fully saturated rings. The van der Waals surface area contributed by atoms with Crippen molar-refractivity contribution >= 4 is 5.91 Å². The standard InChI is InChI=1S/C16H19F3N4O2/c1-10-6-12(21-25-10)7-14(24)23-5-3-4-11(8-23)15-20-13(9-22(15)2)16(17,18)19/h6,9,11H,3-5,7-8H2,1-2H3. The van der Waals surface area contributed by atoms with Crippen LogP contribution in [0.15, 0.2) is 16.8 Å². The summed E-state index contributed by atoms with van der Waals surface area (Å²) in [5, 5.41) is 3.81. The van der Waals surface area contributed by atoms with E-state index in [4.69, 9.17) is 4.52 Å². The molecule has 0 radical (unpaired) electrons. The van der Waals surface area contributed by atoms with Crippen LogP contribution in [-0.4, -0.2) is 38.6 Å². The summed E-state index contributed by atoms with van der Waals surface area (Å²) in [5.74, 6) is 0.676. The Bertz CT molecular complexity index is 766. The first-order valence-corrected chi connectivity index (χ1v) is 8.04. The maximum absolute atomic E-state index is 12.8. The molecule has 3 heterocycles. The van der Waals surface area contributed by atoms with Crippen LogP contribution >= 0.6 is 0 Å². The minimum Gasteiger partial charge on any atom is -0.361 e. The third kappa shape index (κ3) is 3.85. The molecule has 1 aliphatic rings.